The number of carbonyl (C=O) groups excluding carboxylic acids is 1. The Morgan fingerprint density at radius 2 is 2.26 bits per heavy atom. The average Bonchev–Trinajstić information content (AvgIpc) is 2.77. The molecule has 102 valence electrons. The molecule has 1 unspecified atom stereocenters. The Bertz CT molecular complexity index is 602. The van der Waals surface area contributed by atoms with Crippen molar-refractivity contribution in [2.75, 3.05) is 6.61 Å². The summed E-state index contributed by atoms with van der Waals surface area (Å²) in [7, 11) is 0. The first-order valence-corrected chi connectivity index (χ1v) is 6.30. The minimum Gasteiger partial charge on any atom is -0.394 e. The van der Waals surface area contributed by atoms with E-state index in [2.05, 4.69) is 15.4 Å². The number of aryl methyl sites for hydroxylation is 2. The lowest BCUT2D eigenvalue weighted by atomic mass is 10.2. The molecule has 0 spiro atoms. The number of nitrogens with zero attached hydrogens (tertiary/aromatic N) is 3. The summed E-state index contributed by atoms with van der Waals surface area (Å²) in [4.78, 5) is 16.4. The molecular formula is C13H18N4O2. The van der Waals surface area contributed by atoms with Gasteiger partial charge in [0.05, 0.1) is 29.6 Å². The second-order valence-corrected chi connectivity index (χ2v) is 4.57. The molecule has 0 bridgehead atoms. The number of fused-ring (bicyclic) bond motifs is 1. The van der Waals surface area contributed by atoms with Gasteiger partial charge in [-0.2, -0.15) is 5.10 Å². The van der Waals surface area contributed by atoms with Gasteiger partial charge in [-0.3, -0.25) is 4.79 Å². The second kappa shape index (κ2) is 5.36. The summed E-state index contributed by atoms with van der Waals surface area (Å²) >= 11 is 0. The van der Waals surface area contributed by atoms with Crippen LogP contribution >= 0.6 is 0 Å². The van der Waals surface area contributed by atoms with Crippen molar-refractivity contribution in [3.63, 3.8) is 0 Å². The van der Waals surface area contributed by atoms with Gasteiger partial charge in [-0.25, -0.2) is 9.50 Å². The quantitative estimate of drug-likeness (QED) is 0.856. The predicted molar refractivity (Wildman–Crippen MR) is 71.1 cm³/mol. The third-order valence-corrected chi connectivity index (χ3v) is 3.14. The van der Waals surface area contributed by atoms with Crippen molar-refractivity contribution in [2.45, 2.75) is 33.2 Å². The number of amides is 1. The topological polar surface area (TPSA) is 79.5 Å². The molecule has 2 N–H and O–H groups in total. The maximum Gasteiger partial charge on any atom is 0.254 e. The van der Waals surface area contributed by atoms with Crippen LogP contribution in [0.1, 0.15) is 35.1 Å². The Hall–Kier alpha value is -1.95. The number of rotatable bonds is 4. The Labute approximate surface area is 111 Å². The minimum absolute atomic E-state index is 0.0716. The van der Waals surface area contributed by atoms with Crippen LogP contribution in [0.15, 0.2) is 12.3 Å². The molecule has 6 nitrogen and oxygen atoms in total. The zero-order chi connectivity index (χ0) is 14.0. The van der Waals surface area contributed by atoms with Gasteiger partial charge in [-0.1, -0.05) is 6.92 Å². The molecule has 2 rings (SSSR count). The molecule has 0 saturated heterocycles. The van der Waals surface area contributed by atoms with Crippen LogP contribution < -0.4 is 5.32 Å². The van der Waals surface area contributed by atoms with Crippen LogP contribution in [0.3, 0.4) is 0 Å². The molecule has 0 aliphatic rings. The standard InChI is InChI=1S/C13H18N4O2/c1-4-10(7-18)15-13(19)11-6-14-12-5-8(2)16-17(12)9(11)3/h5-6,10,18H,4,7H2,1-3H3,(H,15,19). The lowest BCUT2D eigenvalue weighted by molar-refractivity contribution is 0.0913. The van der Waals surface area contributed by atoms with Gasteiger partial charge in [0.15, 0.2) is 5.65 Å². The fraction of sp³-hybridized carbons (Fsp3) is 0.462. The summed E-state index contributed by atoms with van der Waals surface area (Å²) in [5.41, 5.74) is 2.79. The van der Waals surface area contributed by atoms with Crippen molar-refractivity contribution in [3.8, 4) is 0 Å². The lowest BCUT2D eigenvalue weighted by Gasteiger charge is -2.15. The number of carbonyl (C=O) groups is 1. The van der Waals surface area contributed by atoms with Gasteiger partial charge in [0.25, 0.3) is 5.91 Å². The number of aromatic nitrogens is 3. The van der Waals surface area contributed by atoms with Gasteiger partial charge in [0.2, 0.25) is 0 Å². The molecule has 1 atom stereocenters. The van der Waals surface area contributed by atoms with E-state index in [1.807, 2.05) is 26.8 Å². The highest BCUT2D eigenvalue weighted by Gasteiger charge is 2.16. The number of aliphatic hydroxyl groups excluding tert-OH is 1. The highest BCUT2D eigenvalue weighted by molar-refractivity contribution is 5.95. The van der Waals surface area contributed by atoms with Crippen LogP contribution in [0.5, 0.6) is 0 Å². The maximum atomic E-state index is 12.1. The summed E-state index contributed by atoms with van der Waals surface area (Å²) in [5, 5.41) is 16.2. The van der Waals surface area contributed by atoms with Crippen LogP contribution in [0.25, 0.3) is 5.65 Å². The van der Waals surface area contributed by atoms with Gasteiger partial charge in [0.1, 0.15) is 0 Å². The molecule has 1 amide bonds. The first-order valence-electron chi connectivity index (χ1n) is 6.30. The Morgan fingerprint density at radius 3 is 2.89 bits per heavy atom. The minimum atomic E-state index is -0.235. The van der Waals surface area contributed by atoms with Gasteiger partial charge in [0, 0.05) is 12.3 Å². The molecule has 6 heteroatoms. The van der Waals surface area contributed by atoms with E-state index in [0.29, 0.717) is 12.0 Å². The highest BCUT2D eigenvalue weighted by atomic mass is 16.3. The Balaban J connectivity index is 2.34. The van der Waals surface area contributed by atoms with Crippen LogP contribution in [0.2, 0.25) is 0 Å². The molecule has 0 aliphatic carbocycles. The van der Waals surface area contributed by atoms with Crippen molar-refractivity contribution in [3.05, 3.63) is 29.2 Å². The summed E-state index contributed by atoms with van der Waals surface area (Å²) in [6.45, 7) is 5.55. The van der Waals surface area contributed by atoms with E-state index in [-0.39, 0.29) is 18.6 Å². The molecule has 0 saturated carbocycles. The first kappa shape index (κ1) is 13.5. The van der Waals surface area contributed by atoms with Crippen molar-refractivity contribution in [1.82, 2.24) is 19.9 Å². The predicted octanol–water partition coefficient (Wildman–Crippen LogP) is 0.847. The molecule has 19 heavy (non-hydrogen) atoms. The fourth-order valence-electron chi connectivity index (χ4n) is 1.93. The van der Waals surface area contributed by atoms with Crippen LogP contribution in [0, 0.1) is 13.8 Å². The maximum absolute atomic E-state index is 12.1. The zero-order valence-electron chi connectivity index (χ0n) is 11.3. The zero-order valence-corrected chi connectivity index (χ0v) is 11.3. The SMILES string of the molecule is CCC(CO)NC(=O)c1cnc2cc(C)nn2c1C. The Morgan fingerprint density at radius 1 is 1.53 bits per heavy atom. The van der Waals surface area contributed by atoms with Crippen molar-refractivity contribution >= 4 is 11.6 Å². The molecule has 0 aromatic carbocycles. The lowest BCUT2D eigenvalue weighted by Crippen LogP contribution is -2.37. The van der Waals surface area contributed by atoms with Gasteiger partial charge >= 0.3 is 0 Å². The number of hydrogen-bond acceptors (Lipinski definition) is 4. The molecule has 0 fully saturated rings. The van der Waals surface area contributed by atoms with E-state index in [9.17, 15) is 4.79 Å². The number of hydrogen-bond donors (Lipinski definition) is 2. The largest absolute Gasteiger partial charge is 0.394 e. The summed E-state index contributed by atoms with van der Waals surface area (Å²) < 4.78 is 1.66. The van der Waals surface area contributed by atoms with Crippen molar-refractivity contribution < 1.29 is 9.90 Å². The molecule has 2 aromatic rings. The van der Waals surface area contributed by atoms with Gasteiger partial charge < -0.3 is 10.4 Å². The van der Waals surface area contributed by atoms with Crippen LogP contribution in [0.4, 0.5) is 0 Å². The molecule has 2 aromatic heterocycles. The second-order valence-electron chi connectivity index (χ2n) is 4.57. The van der Waals surface area contributed by atoms with E-state index in [1.165, 1.54) is 0 Å². The van der Waals surface area contributed by atoms with Crippen molar-refractivity contribution in [2.24, 2.45) is 0 Å². The van der Waals surface area contributed by atoms with E-state index in [0.717, 1.165) is 17.0 Å². The normalized spacial score (nSPS) is 12.6. The third kappa shape index (κ3) is 2.58. The van der Waals surface area contributed by atoms with Crippen molar-refractivity contribution in [1.29, 1.82) is 0 Å². The molecule has 0 aliphatic heterocycles. The van der Waals surface area contributed by atoms with E-state index >= 15 is 0 Å². The molecule has 2 heterocycles. The highest BCUT2D eigenvalue weighted by Crippen LogP contribution is 2.11. The smallest absolute Gasteiger partial charge is 0.254 e. The van der Waals surface area contributed by atoms with Crippen LogP contribution in [-0.2, 0) is 0 Å². The van der Waals surface area contributed by atoms with Gasteiger partial charge in [-0.05, 0) is 20.3 Å². The monoisotopic (exact) mass is 262 g/mol. The Kier molecular flexibility index (Phi) is 3.80. The van der Waals surface area contributed by atoms with E-state index in [4.69, 9.17) is 5.11 Å². The number of aliphatic hydroxyl groups is 1. The van der Waals surface area contributed by atoms with E-state index in [1.54, 1.807) is 10.7 Å². The van der Waals surface area contributed by atoms with E-state index < -0.39 is 0 Å². The molecular weight excluding hydrogens is 244 g/mol. The van der Waals surface area contributed by atoms with Crippen LogP contribution in [-0.4, -0.2) is 38.3 Å². The first-order chi connectivity index (χ1) is 9.06. The summed E-state index contributed by atoms with van der Waals surface area (Å²) in [5.74, 6) is -0.235. The fourth-order valence-corrected chi connectivity index (χ4v) is 1.93. The molecule has 0 radical (unpaired) electrons. The third-order valence-electron chi connectivity index (χ3n) is 3.14. The number of nitrogens with one attached hydrogen (secondary N) is 1. The summed E-state index contributed by atoms with van der Waals surface area (Å²) in [6.07, 6.45) is 2.23. The average molecular weight is 262 g/mol. The van der Waals surface area contributed by atoms with Gasteiger partial charge in [-0.15, -0.1) is 0 Å². The summed E-state index contributed by atoms with van der Waals surface area (Å²) in [6, 6.07) is 1.62.